The molecule has 1 aliphatic rings. The van der Waals surface area contributed by atoms with Crippen molar-refractivity contribution in [2.45, 2.75) is 25.3 Å². The van der Waals surface area contributed by atoms with Crippen LogP contribution >= 0.6 is 0 Å². The van der Waals surface area contributed by atoms with Gasteiger partial charge in [0.2, 0.25) is 5.91 Å². The molecule has 6 nitrogen and oxygen atoms in total. The molecule has 0 bridgehead atoms. The van der Waals surface area contributed by atoms with E-state index < -0.39 is 11.5 Å². The van der Waals surface area contributed by atoms with Crippen molar-refractivity contribution in [3.05, 3.63) is 0 Å². The van der Waals surface area contributed by atoms with Crippen molar-refractivity contribution >= 4 is 11.9 Å². The van der Waals surface area contributed by atoms with Crippen LogP contribution in [0.3, 0.4) is 0 Å². The third-order valence-electron chi connectivity index (χ3n) is 3.21. The van der Waals surface area contributed by atoms with E-state index in [-0.39, 0.29) is 12.5 Å². The molecule has 0 aromatic rings. The Morgan fingerprint density at radius 2 is 2.24 bits per heavy atom. The monoisotopic (exact) mass is 244 g/mol. The van der Waals surface area contributed by atoms with Gasteiger partial charge < -0.3 is 15.2 Å². The van der Waals surface area contributed by atoms with Gasteiger partial charge in [0.1, 0.15) is 5.54 Å². The van der Waals surface area contributed by atoms with E-state index in [0.29, 0.717) is 26.1 Å². The van der Waals surface area contributed by atoms with Crippen LogP contribution in [-0.4, -0.2) is 60.8 Å². The summed E-state index contributed by atoms with van der Waals surface area (Å²) in [5.74, 6) is -1.02. The Bertz CT molecular complexity index is 295. The van der Waals surface area contributed by atoms with Crippen LogP contribution in [0.5, 0.6) is 0 Å². The number of amides is 1. The molecule has 17 heavy (non-hydrogen) atoms. The summed E-state index contributed by atoms with van der Waals surface area (Å²) in [7, 11) is 1.56. The molecule has 0 spiro atoms. The Kier molecular flexibility index (Phi) is 4.89. The highest BCUT2D eigenvalue weighted by atomic mass is 16.5. The lowest BCUT2D eigenvalue weighted by molar-refractivity contribution is -0.149. The largest absolute Gasteiger partial charge is 0.480 e. The van der Waals surface area contributed by atoms with Gasteiger partial charge in [-0.1, -0.05) is 0 Å². The number of likely N-dealkylation sites (tertiary alicyclic amines) is 1. The van der Waals surface area contributed by atoms with Crippen LogP contribution in [0.1, 0.15) is 19.8 Å². The summed E-state index contributed by atoms with van der Waals surface area (Å²) in [5.41, 5.74) is -0.904. The van der Waals surface area contributed by atoms with E-state index in [2.05, 4.69) is 5.32 Å². The fraction of sp³-hybridized carbons (Fsp3) is 0.818. The lowest BCUT2D eigenvalue weighted by atomic mass is 9.99. The van der Waals surface area contributed by atoms with Crippen molar-refractivity contribution in [3.63, 3.8) is 0 Å². The number of hydrogen-bond donors (Lipinski definition) is 2. The molecule has 1 aliphatic heterocycles. The van der Waals surface area contributed by atoms with Gasteiger partial charge in [0.05, 0.1) is 13.2 Å². The molecule has 0 aromatic heterocycles. The number of carbonyl (C=O) groups is 2. The van der Waals surface area contributed by atoms with E-state index in [1.807, 2.05) is 0 Å². The Balaban J connectivity index is 2.45. The van der Waals surface area contributed by atoms with Crippen LogP contribution in [0, 0.1) is 0 Å². The zero-order chi connectivity index (χ0) is 12.9. The van der Waals surface area contributed by atoms with E-state index in [0.717, 1.165) is 6.42 Å². The van der Waals surface area contributed by atoms with E-state index in [1.165, 1.54) is 0 Å². The number of carboxylic acid groups (broad SMARTS) is 1. The number of aliphatic carboxylic acids is 1. The van der Waals surface area contributed by atoms with Crippen LogP contribution in [0.15, 0.2) is 0 Å². The SMILES string of the molecule is COCCNC(=O)CN1CCCC1(C)C(=O)O. The maximum absolute atomic E-state index is 11.6. The van der Waals surface area contributed by atoms with E-state index in [9.17, 15) is 14.7 Å². The smallest absolute Gasteiger partial charge is 0.323 e. The number of nitrogens with one attached hydrogen (secondary N) is 1. The fourth-order valence-corrected chi connectivity index (χ4v) is 2.04. The van der Waals surface area contributed by atoms with Crippen LogP contribution in [0.25, 0.3) is 0 Å². The standard InChI is InChI=1S/C11H20N2O4/c1-11(10(15)16)4-3-6-13(11)8-9(14)12-5-7-17-2/h3-8H2,1-2H3,(H,12,14)(H,15,16). The van der Waals surface area contributed by atoms with Crippen molar-refractivity contribution < 1.29 is 19.4 Å². The highest BCUT2D eigenvalue weighted by molar-refractivity contribution is 5.82. The first-order chi connectivity index (χ1) is 8.00. The summed E-state index contributed by atoms with van der Waals surface area (Å²) in [6.45, 7) is 3.37. The molecule has 1 fully saturated rings. The molecule has 1 rings (SSSR count). The van der Waals surface area contributed by atoms with Gasteiger partial charge in [-0.3, -0.25) is 14.5 Å². The number of ether oxygens (including phenoxy) is 1. The van der Waals surface area contributed by atoms with Crippen molar-refractivity contribution in [1.29, 1.82) is 0 Å². The van der Waals surface area contributed by atoms with E-state index >= 15 is 0 Å². The summed E-state index contributed by atoms with van der Waals surface area (Å²) in [5, 5.41) is 11.9. The molecule has 0 saturated carbocycles. The fourth-order valence-electron chi connectivity index (χ4n) is 2.04. The first-order valence-corrected chi connectivity index (χ1v) is 5.75. The normalized spacial score (nSPS) is 24.8. The van der Waals surface area contributed by atoms with Crippen molar-refractivity contribution in [2.24, 2.45) is 0 Å². The number of hydrogen-bond acceptors (Lipinski definition) is 4. The first-order valence-electron chi connectivity index (χ1n) is 5.75. The lowest BCUT2D eigenvalue weighted by Crippen LogP contribution is -2.51. The Labute approximate surface area is 101 Å². The van der Waals surface area contributed by atoms with Gasteiger partial charge in [-0.05, 0) is 26.3 Å². The van der Waals surface area contributed by atoms with Crippen molar-refractivity contribution in [1.82, 2.24) is 10.2 Å². The highest BCUT2D eigenvalue weighted by Crippen LogP contribution is 2.28. The molecular formula is C11H20N2O4. The maximum atomic E-state index is 11.6. The maximum Gasteiger partial charge on any atom is 0.323 e. The van der Waals surface area contributed by atoms with Crippen LogP contribution < -0.4 is 5.32 Å². The Morgan fingerprint density at radius 3 is 2.82 bits per heavy atom. The van der Waals surface area contributed by atoms with Crippen molar-refractivity contribution in [2.75, 3.05) is 33.4 Å². The predicted octanol–water partition coefficient (Wildman–Crippen LogP) is -0.312. The molecule has 1 saturated heterocycles. The summed E-state index contributed by atoms with van der Waals surface area (Å²) >= 11 is 0. The van der Waals surface area contributed by atoms with E-state index in [4.69, 9.17) is 4.74 Å². The molecular weight excluding hydrogens is 224 g/mol. The molecule has 0 aromatic carbocycles. The van der Waals surface area contributed by atoms with Gasteiger partial charge in [-0.15, -0.1) is 0 Å². The first kappa shape index (κ1) is 13.9. The highest BCUT2D eigenvalue weighted by Gasteiger charge is 2.43. The average molecular weight is 244 g/mol. The minimum atomic E-state index is -0.904. The molecule has 1 unspecified atom stereocenters. The van der Waals surface area contributed by atoms with Crippen LogP contribution in [-0.2, 0) is 14.3 Å². The molecule has 1 atom stereocenters. The molecule has 1 amide bonds. The quantitative estimate of drug-likeness (QED) is 0.626. The minimum Gasteiger partial charge on any atom is -0.480 e. The summed E-state index contributed by atoms with van der Waals surface area (Å²) in [6.07, 6.45) is 1.40. The number of carboxylic acids is 1. The van der Waals surface area contributed by atoms with Gasteiger partial charge in [0, 0.05) is 13.7 Å². The Morgan fingerprint density at radius 1 is 1.53 bits per heavy atom. The van der Waals surface area contributed by atoms with Gasteiger partial charge in [0.25, 0.3) is 0 Å². The lowest BCUT2D eigenvalue weighted by Gasteiger charge is -2.30. The molecule has 98 valence electrons. The summed E-state index contributed by atoms with van der Waals surface area (Å²) < 4.78 is 4.82. The van der Waals surface area contributed by atoms with Crippen LogP contribution in [0.2, 0.25) is 0 Å². The Hall–Kier alpha value is -1.14. The van der Waals surface area contributed by atoms with Gasteiger partial charge in [-0.25, -0.2) is 0 Å². The van der Waals surface area contributed by atoms with Crippen LogP contribution in [0.4, 0.5) is 0 Å². The molecule has 0 aliphatic carbocycles. The van der Waals surface area contributed by atoms with Crippen molar-refractivity contribution in [3.8, 4) is 0 Å². The second kappa shape index (κ2) is 5.97. The molecule has 6 heteroatoms. The second-order valence-electron chi connectivity index (χ2n) is 4.45. The average Bonchev–Trinajstić information content (AvgIpc) is 2.62. The van der Waals surface area contributed by atoms with Gasteiger partial charge >= 0.3 is 5.97 Å². The van der Waals surface area contributed by atoms with Gasteiger partial charge in [-0.2, -0.15) is 0 Å². The third-order valence-corrected chi connectivity index (χ3v) is 3.21. The molecule has 2 N–H and O–H groups in total. The zero-order valence-electron chi connectivity index (χ0n) is 10.4. The van der Waals surface area contributed by atoms with E-state index in [1.54, 1.807) is 18.9 Å². The molecule has 0 radical (unpaired) electrons. The third kappa shape index (κ3) is 3.41. The topological polar surface area (TPSA) is 78.9 Å². The molecule has 1 heterocycles. The summed E-state index contributed by atoms with van der Waals surface area (Å²) in [4.78, 5) is 24.5. The second-order valence-corrected chi connectivity index (χ2v) is 4.45. The predicted molar refractivity (Wildman–Crippen MR) is 61.7 cm³/mol. The number of nitrogens with zero attached hydrogens (tertiary/aromatic N) is 1. The number of carbonyl (C=O) groups excluding carboxylic acids is 1. The minimum absolute atomic E-state index is 0.131. The zero-order valence-corrected chi connectivity index (χ0v) is 10.4. The summed E-state index contributed by atoms with van der Waals surface area (Å²) in [6, 6.07) is 0. The number of rotatable bonds is 6. The number of methoxy groups -OCH3 is 1. The van der Waals surface area contributed by atoms with Gasteiger partial charge in [0.15, 0.2) is 0 Å².